The van der Waals surface area contributed by atoms with Crippen LogP contribution in [-0.2, 0) is 9.59 Å². The molecule has 0 aliphatic carbocycles. The highest BCUT2D eigenvalue weighted by Gasteiger charge is 2.28. The Labute approximate surface area is 120 Å². The Morgan fingerprint density at radius 3 is 2.80 bits per heavy atom. The van der Waals surface area contributed by atoms with Crippen LogP contribution in [-0.4, -0.2) is 30.8 Å². The molecule has 0 saturated carbocycles. The first kappa shape index (κ1) is 14.3. The van der Waals surface area contributed by atoms with Crippen molar-refractivity contribution in [3.8, 4) is 0 Å². The van der Waals surface area contributed by atoms with E-state index < -0.39 is 17.9 Å². The zero-order chi connectivity index (χ0) is 14.7. The van der Waals surface area contributed by atoms with Crippen LogP contribution in [0.2, 0.25) is 5.02 Å². The summed E-state index contributed by atoms with van der Waals surface area (Å²) < 4.78 is 0. The summed E-state index contributed by atoms with van der Waals surface area (Å²) >= 11 is 5.88. The molecule has 1 unspecified atom stereocenters. The van der Waals surface area contributed by atoms with Gasteiger partial charge in [-0.1, -0.05) is 11.6 Å². The standard InChI is InChI=1S/C13H14ClN3O3/c1-15-9-3-2-7(14)6-8(9)12(19)16-10-4-5-11(18)17-13(10)20/h2-3,6,10,15H,4-5H2,1H3,(H,16,19)(H,17,18,20). The lowest BCUT2D eigenvalue weighted by molar-refractivity contribution is -0.134. The fourth-order valence-corrected chi connectivity index (χ4v) is 2.16. The lowest BCUT2D eigenvalue weighted by Crippen LogP contribution is -2.52. The predicted molar refractivity (Wildman–Crippen MR) is 74.6 cm³/mol. The summed E-state index contributed by atoms with van der Waals surface area (Å²) in [5, 5.41) is 8.11. The molecule has 0 spiro atoms. The van der Waals surface area contributed by atoms with E-state index in [1.165, 1.54) is 6.07 Å². The van der Waals surface area contributed by atoms with Crippen LogP contribution in [0.5, 0.6) is 0 Å². The summed E-state index contributed by atoms with van der Waals surface area (Å²) in [4.78, 5) is 34.8. The van der Waals surface area contributed by atoms with Crippen LogP contribution in [0.15, 0.2) is 18.2 Å². The molecular formula is C13H14ClN3O3. The van der Waals surface area contributed by atoms with Crippen LogP contribution in [0.1, 0.15) is 23.2 Å². The normalized spacial score (nSPS) is 18.4. The van der Waals surface area contributed by atoms with Gasteiger partial charge in [-0.05, 0) is 24.6 Å². The highest BCUT2D eigenvalue weighted by atomic mass is 35.5. The molecular weight excluding hydrogens is 282 g/mol. The van der Waals surface area contributed by atoms with E-state index in [1.54, 1.807) is 19.2 Å². The maximum atomic E-state index is 12.2. The molecule has 0 bridgehead atoms. The first-order valence-electron chi connectivity index (χ1n) is 6.13. The average molecular weight is 296 g/mol. The molecule has 6 nitrogen and oxygen atoms in total. The highest BCUT2D eigenvalue weighted by Crippen LogP contribution is 2.20. The zero-order valence-corrected chi connectivity index (χ0v) is 11.6. The maximum absolute atomic E-state index is 12.2. The number of carbonyl (C=O) groups excluding carboxylic acids is 3. The SMILES string of the molecule is CNc1ccc(Cl)cc1C(=O)NC1CCC(=O)NC1=O. The summed E-state index contributed by atoms with van der Waals surface area (Å²) in [5.74, 6) is -1.21. The van der Waals surface area contributed by atoms with Gasteiger partial charge in [-0.15, -0.1) is 0 Å². The van der Waals surface area contributed by atoms with E-state index in [0.29, 0.717) is 22.7 Å². The largest absolute Gasteiger partial charge is 0.387 e. The first-order chi connectivity index (χ1) is 9.51. The Morgan fingerprint density at radius 1 is 1.40 bits per heavy atom. The molecule has 7 heteroatoms. The van der Waals surface area contributed by atoms with Crippen molar-refractivity contribution in [3.05, 3.63) is 28.8 Å². The number of hydrogen-bond donors (Lipinski definition) is 3. The number of imide groups is 1. The smallest absolute Gasteiger partial charge is 0.254 e. The van der Waals surface area contributed by atoms with Gasteiger partial charge in [-0.25, -0.2) is 0 Å². The number of benzene rings is 1. The number of rotatable bonds is 3. The summed E-state index contributed by atoms with van der Waals surface area (Å²) in [7, 11) is 1.69. The van der Waals surface area contributed by atoms with Crippen molar-refractivity contribution >= 4 is 35.0 Å². The van der Waals surface area contributed by atoms with Crippen LogP contribution < -0.4 is 16.0 Å². The van der Waals surface area contributed by atoms with Gasteiger partial charge in [0.2, 0.25) is 11.8 Å². The molecule has 1 aromatic rings. The molecule has 1 saturated heterocycles. The van der Waals surface area contributed by atoms with Crippen molar-refractivity contribution in [2.24, 2.45) is 0 Å². The maximum Gasteiger partial charge on any atom is 0.254 e. The van der Waals surface area contributed by atoms with Gasteiger partial charge in [0.25, 0.3) is 5.91 Å². The Morgan fingerprint density at radius 2 is 2.15 bits per heavy atom. The third-order valence-corrected chi connectivity index (χ3v) is 3.28. The van der Waals surface area contributed by atoms with Gasteiger partial charge in [0.05, 0.1) is 5.56 Å². The van der Waals surface area contributed by atoms with E-state index in [0.717, 1.165) is 0 Å². The Balaban J connectivity index is 2.14. The molecule has 1 heterocycles. The number of amides is 3. The number of piperidine rings is 1. The van der Waals surface area contributed by atoms with E-state index in [2.05, 4.69) is 16.0 Å². The van der Waals surface area contributed by atoms with E-state index in [9.17, 15) is 14.4 Å². The Bertz CT molecular complexity index is 574. The molecule has 20 heavy (non-hydrogen) atoms. The van der Waals surface area contributed by atoms with Crippen LogP contribution in [0, 0.1) is 0 Å². The van der Waals surface area contributed by atoms with E-state index >= 15 is 0 Å². The molecule has 1 aromatic carbocycles. The molecule has 1 atom stereocenters. The summed E-state index contributed by atoms with van der Waals surface area (Å²) in [6, 6.07) is 4.16. The van der Waals surface area contributed by atoms with Crippen molar-refractivity contribution in [2.75, 3.05) is 12.4 Å². The lowest BCUT2D eigenvalue weighted by atomic mass is 10.1. The molecule has 106 valence electrons. The molecule has 3 N–H and O–H groups in total. The minimum absolute atomic E-state index is 0.213. The second-order valence-electron chi connectivity index (χ2n) is 4.42. The van der Waals surface area contributed by atoms with Gasteiger partial charge in [0.1, 0.15) is 6.04 Å². The van der Waals surface area contributed by atoms with Crippen LogP contribution >= 0.6 is 11.6 Å². The fourth-order valence-electron chi connectivity index (χ4n) is 1.99. The third-order valence-electron chi connectivity index (χ3n) is 3.04. The van der Waals surface area contributed by atoms with Crippen LogP contribution in [0.3, 0.4) is 0 Å². The minimum Gasteiger partial charge on any atom is -0.387 e. The van der Waals surface area contributed by atoms with E-state index in [1.807, 2.05) is 0 Å². The topological polar surface area (TPSA) is 87.3 Å². The molecule has 0 aromatic heterocycles. The predicted octanol–water partition coefficient (Wildman–Crippen LogP) is 0.917. The summed E-state index contributed by atoms with van der Waals surface area (Å²) in [6.07, 6.45) is 0.511. The van der Waals surface area contributed by atoms with Crippen LogP contribution in [0.4, 0.5) is 5.69 Å². The van der Waals surface area contributed by atoms with E-state index in [-0.39, 0.29) is 12.3 Å². The van der Waals surface area contributed by atoms with Crippen molar-refractivity contribution in [2.45, 2.75) is 18.9 Å². The van der Waals surface area contributed by atoms with Gasteiger partial charge < -0.3 is 10.6 Å². The van der Waals surface area contributed by atoms with Gasteiger partial charge >= 0.3 is 0 Å². The Kier molecular flexibility index (Phi) is 4.24. The monoisotopic (exact) mass is 295 g/mol. The van der Waals surface area contributed by atoms with E-state index in [4.69, 9.17) is 11.6 Å². The lowest BCUT2D eigenvalue weighted by Gasteiger charge is -2.22. The molecule has 1 fully saturated rings. The van der Waals surface area contributed by atoms with Crippen molar-refractivity contribution in [1.82, 2.24) is 10.6 Å². The quantitative estimate of drug-likeness (QED) is 0.724. The molecule has 1 aliphatic rings. The minimum atomic E-state index is -0.705. The second kappa shape index (κ2) is 5.92. The van der Waals surface area contributed by atoms with Crippen molar-refractivity contribution in [3.63, 3.8) is 0 Å². The van der Waals surface area contributed by atoms with Gasteiger partial charge in [-0.3, -0.25) is 19.7 Å². The number of anilines is 1. The third kappa shape index (κ3) is 3.08. The second-order valence-corrected chi connectivity index (χ2v) is 4.85. The summed E-state index contributed by atoms with van der Waals surface area (Å²) in [5.41, 5.74) is 0.962. The number of halogens is 1. The highest BCUT2D eigenvalue weighted by molar-refractivity contribution is 6.31. The van der Waals surface area contributed by atoms with Crippen molar-refractivity contribution in [1.29, 1.82) is 0 Å². The number of hydrogen-bond acceptors (Lipinski definition) is 4. The van der Waals surface area contributed by atoms with Gasteiger partial charge in [0.15, 0.2) is 0 Å². The molecule has 1 aliphatic heterocycles. The number of carbonyl (C=O) groups is 3. The zero-order valence-electron chi connectivity index (χ0n) is 10.8. The molecule has 0 radical (unpaired) electrons. The molecule has 2 rings (SSSR count). The first-order valence-corrected chi connectivity index (χ1v) is 6.51. The fraction of sp³-hybridized carbons (Fsp3) is 0.308. The number of nitrogens with one attached hydrogen (secondary N) is 3. The van der Waals surface area contributed by atoms with Gasteiger partial charge in [0, 0.05) is 24.2 Å². The summed E-state index contributed by atoms with van der Waals surface area (Å²) in [6.45, 7) is 0. The average Bonchev–Trinajstić information content (AvgIpc) is 2.41. The Hall–Kier alpha value is -2.08. The van der Waals surface area contributed by atoms with Crippen LogP contribution in [0.25, 0.3) is 0 Å². The van der Waals surface area contributed by atoms with Crippen molar-refractivity contribution < 1.29 is 14.4 Å². The molecule has 3 amide bonds. The van der Waals surface area contributed by atoms with Gasteiger partial charge in [-0.2, -0.15) is 0 Å².